The zero-order chi connectivity index (χ0) is 35.4. The number of rotatable bonds is 5. The summed E-state index contributed by atoms with van der Waals surface area (Å²) in [6.07, 6.45) is 1.31. The lowest BCUT2D eigenvalue weighted by molar-refractivity contribution is 0.154. The first-order valence-electron chi connectivity index (χ1n) is 14.9. The first-order valence-corrected chi connectivity index (χ1v) is 15.3. The van der Waals surface area contributed by atoms with Gasteiger partial charge in [-0.2, -0.15) is 10.2 Å². The molecule has 4 heterocycles. The monoisotopic (exact) mass is 670 g/mol. The van der Waals surface area contributed by atoms with Crippen molar-refractivity contribution in [3.8, 4) is 28.3 Å². The van der Waals surface area contributed by atoms with Crippen molar-refractivity contribution in [2.24, 2.45) is 7.05 Å². The highest BCUT2D eigenvalue weighted by Gasteiger charge is 2.38. The minimum atomic E-state index is -1.86. The van der Waals surface area contributed by atoms with Gasteiger partial charge in [-0.15, -0.1) is 0 Å². The van der Waals surface area contributed by atoms with Crippen LogP contribution in [0.2, 0.25) is 5.15 Å². The highest BCUT2D eigenvalue weighted by molar-refractivity contribution is 6.58. The van der Waals surface area contributed by atoms with Gasteiger partial charge in [0, 0.05) is 41.7 Å². The molecule has 11 nitrogen and oxygen atoms in total. The predicted molar refractivity (Wildman–Crippen MR) is 186 cm³/mol. The summed E-state index contributed by atoms with van der Waals surface area (Å²) in [4.78, 5) is 17.4. The maximum Gasteiger partial charge on any atom is 0.488 e. The van der Waals surface area contributed by atoms with Crippen molar-refractivity contribution >= 4 is 67.5 Å². The van der Waals surface area contributed by atoms with Crippen LogP contribution in [-0.2, 0) is 28.9 Å². The smallest absolute Gasteiger partial charge is 0.482 e. The van der Waals surface area contributed by atoms with E-state index in [1.54, 1.807) is 38.4 Å². The number of amides is 1. The summed E-state index contributed by atoms with van der Waals surface area (Å²) >= 11 is 6.75. The van der Waals surface area contributed by atoms with E-state index in [0.29, 0.717) is 33.5 Å². The summed E-state index contributed by atoms with van der Waals surface area (Å²) in [6, 6.07) is 11.8. The number of aromatic nitrogens is 5. The Balaban J connectivity index is 1.49. The number of carbonyl (C=O) groups excluding carboxylic acids is 1. The van der Waals surface area contributed by atoms with Crippen molar-refractivity contribution in [1.29, 1.82) is 0 Å². The molecule has 1 atom stereocenters. The Hall–Kier alpha value is -4.46. The Morgan fingerprint density at radius 2 is 1.90 bits per heavy atom. The number of nitrogens with one attached hydrogen (secondary N) is 1. The van der Waals surface area contributed by atoms with E-state index in [9.17, 15) is 19.2 Å². The predicted octanol–water partition coefficient (Wildman–Crippen LogP) is 2.53. The number of halogens is 2. The van der Waals surface area contributed by atoms with Gasteiger partial charge in [-0.05, 0) is 58.3 Å². The highest BCUT2D eigenvalue weighted by atomic mass is 35.5. The van der Waals surface area contributed by atoms with Crippen LogP contribution in [0.15, 0.2) is 60.9 Å². The maximum atomic E-state index is 14.8. The molecule has 0 fully saturated rings. The molecule has 1 amide bonds. The van der Waals surface area contributed by atoms with Crippen LogP contribution in [0.4, 0.5) is 15.0 Å². The van der Waals surface area contributed by atoms with Crippen LogP contribution in [0, 0.1) is 5.82 Å². The molecule has 2 aromatic carbocycles. The third-order valence-electron chi connectivity index (χ3n) is 7.99. The SMILES string of the molecule is [B]C1([B])c2cn(C)nc2-c2ccc(F)cc2[C@@H](C)Oc2cc(cnc2NC(=O)OCc2ccc(B(O)O)cc2)-c2c1c(Cl)nn2C([B])([B])C. The van der Waals surface area contributed by atoms with Crippen molar-refractivity contribution in [2.75, 3.05) is 5.32 Å². The van der Waals surface area contributed by atoms with Gasteiger partial charge in [-0.1, -0.05) is 42.8 Å². The largest absolute Gasteiger partial charge is 0.488 e. The molecule has 18 heteroatoms. The topological polar surface area (TPSA) is 137 Å². The molecule has 0 spiro atoms. The fourth-order valence-corrected chi connectivity index (χ4v) is 5.98. The third kappa shape index (κ3) is 6.62. The standard InChI is InChI=1S/C31H25B5ClFN6O5/c1-15-21-11-19(38)8-9-20(21)25-22(13-43(3)41-25)31(34,35)24-26(44(30(2,32)33)42-27(24)37)17-10-23(49-15)28(39-12-17)40-29(45)48-14-16-4-6-18(7-5-16)36(46)47/h4-13,15,46-47H,14H2,1-3H3,(H,39,40,45)/t15-/m1/s1. The second kappa shape index (κ2) is 12.8. The number of anilines is 1. The molecular weight excluding hydrogens is 645 g/mol. The fourth-order valence-electron chi connectivity index (χ4n) is 5.66. The lowest BCUT2D eigenvalue weighted by Crippen LogP contribution is -2.34. The number of hydrogen-bond acceptors (Lipinski definition) is 8. The van der Waals surface area contributed by atoms with Gasteiger partial charge >= 0.3 is 13.2 Å². The zero-order valence-electron chi connectivity index (χ0n) is 26.6. The summed E-state index contributed by atoms with van der Waals surface area (Å²) in [5, 5.41) is 26.7. The van der Waals surface area contributed by atoms with E-state index >= 15 is 0 Å². The van der Waals surface area contributed by atoms with E-state index in [1.807, 2.05) is 0 Å². The number of nitrogens with zero attached hydrogens (tertiary/aromatic N) is 5. The normalized spacial score (nSPS) is 15.0. The molecule has 1 aliphatic rings. The number of pyridine rings is 1. The second-order valence-corrected chi connectivity index (χ2v) is 12.3. The van der Waals surface area contributed by atoms with Gasteiger partial charge in [0.1, 0.15) is 18.5 Å². The molecule has 5 aromatic rings. The lowest BCUT2D eigenvalue weighted by atomic mass is 9.47. The number of ether oxygens (including phenoxy) is 2. The molecule has 49 heavy (non-hydrogen) atoms. The molecule has 0 aliphatic carbocycles. The molecular formula is C31H25B5ClFN6O5. The average Bonchev–Trinajstić information content (AvgIpc) is 3.61. The first kappa shape index (κ1) is 34.4. The van der Waals surface area contributed by atoms with Crippen LogP contribution < -0.4 is 15.5 Å². The molecule has 2 bridgehead atoms. The van der Waals surface area contributed by atoms with Crippen LogP contribution in [0.5, 0.6) is 5.75 Å². The Morgan fingerprint density at radius 1 is 1.18 bits per heavy atom. The molecule has 0 unspecified atom stereocenters. The third-order valence-corrected chi connectivity index (χ3v) is 8.26. The minimum Gasteiger partial charge on any atom is -0.482 e. The van der Waals surface area contributed by atoms with Gasteiger partial charge in [-0.3, -0.25) is 14.7 Å². The van der Waals surface area contributed by atoms with Crippen LogP contribution in [0.3, 0.4) is 0 Å². The number of fused-ring (bicyclic) bond motifs is 7. The second-order valence-electron chi connectivity index (χ2n) is 12.0. The van der Waals surface area contributed by atoms with E-state index in [-0.39, 0.29) is 40.0 Å². The first-order chi connectivity index (χ1) is 23.0. The molecule has 0 saturated heterocycles. The molecule has 8 radical (unpaired) electrons. The molecule has 1 aliphatic heterocycles. The lowest BCUT2D eigenvalue weighted by Gasteiger charge is -2.31. The summed E-state index contributed by atoms with van der Waals surface area (Å²) in [5.74, 6) is -0.523. The Labute approximate surface area is 292 Å². The van der Waals surface area contributed by atoms with Gasteiger partial charge in [0.15, 0.2) is 16.7 Å². The average molecular weight is 670 g/mol. The molecule has 3 N–H and O–H groups in total. The maximum absolute atomic E-state index is 14.8. The quantitative estimate of drug-likeness (QED) is 0.243. The van der Waals surface area contributed by atoms with Gasteiger partial charge < -0.3 is 19.5 Å². The highest BCUT2D eigenvalue weighted by Crippen LogP contribution is 2.46. The van der Waals surface area contributed by atoms with Crippen molar-refractivity contribution in [2.45, 2.75) is 37.1 Å². The Morgan fingerprint density at radius 3 is 2.57 bits per heavy atom. The van der Waals surface area contributed by atoms with E-state index in [0.717, 1.165) is 0 Å². The zero-order valence-corrected chi connectivity index (χ0v) is 27.3. The van der Waals surface area contributed by atoms with E-state index in [2.05, 4.69) is 20.5 Å². The van der Waals surface area contributed by atoms with Gasteiger partial charge in [-0.25, -0.2) is 14.2 Å². The number of aryl methyl sites for hydroxylation is 1. The van der Waals surface area contributed by atoms with Crippen molar-refractivity contribution < 1.29 is 28.7 Å². The van der Waals surface area contributed by atoms with E-state index in [1.165, 1.54) is 52.8 Å². The number of hydrogen-bond donors (Lipinski definition) is 3. The number of carbonyl (C=O) groups is 1. The van der Waals surface area contributed by atoms with Crippen LogP contribution in [0.25, 0.3) is 22.5 Å². The van der Waals surface area contributed by atoms with Crippen molar-refractivity contribution in [1.82, 2.24) is 24.5 Å². The summed E-state index contributed by atoms with van der Waals surface area (Å²) in [6.45, 7) is 3.05. The Kier molecular flexibility index (Phi) is 8.97. The van der Waals surface area contributed by atoms with Gasteiger partial charge in [0.25, 0.3) is 0 Å². The number of benzene rings is 2. The van der Waals surface area contributed by atoms with Gasteiger partial charge in [0.05, 0.1) is 42.8 Å². The minimum absolute atomic E-state index is 0.0402. The van der Waals surface area contributed by atoms with Crippen LogP contribution >= 0.6 is 11.6 Å². The summed E-state index contributed by atoms with van der Waals surface area (Å²) in [5.41, 5.74) is 3.07. The van der Waals surface area contributed by atoms with Crippen molar-refractivity contribution in [3.63, 3.8) is 0 Å². The van der Waals surface area contributed by atoms with Crippen molar-refractivity contribution in [3.05, 3.63) is 94.1 Å². The molecule has 238 valence electrons. The molecule has 0 saturated carbocycles. The Bertz CT molecular complexity index is 2070. The van der Waals surface area contributed by atoms with Crippen LogP contribution in [-0.4, -0.2) is 79.2 Å². The van der Waals surface area contributed by atoms with Crippen LogP contribution in [0.1, 0.15) is 42.2 Å². The summed E-state index contributed by atoms with van der Waals surface area (Å²) in [7, 11) is 26.6. The van der Waals surface area contributed by atoms with Gasteiger partial charge in [0.2, 0.25) is 0 Å². The molecule has 3 aromatic heterocycles. The van der Waals surface area contributed by atoms with E-state index in [4.69, 9.17) is 52.5 Å². The fraction of sp³-hybridized carbons (Fsp3) is 0.226. The van der Waals surface area contributed by atoms with E-state index < -0.39 is 35.7 Å². The summed E-state index contributed by atoms with van der Waals surface area (Å²) < 4.78 is 29.3. The molecule has 6 rings (SSSR count).